The SMILES string of the molecule is O=C(/C(=C/c1ccccc1)n1cncn1)c1ccc(F)cc1N1CCCCC1. The van der Waals surface area contributed by atoms with Gasteiger partial charge in [0.05, 0.1) is 5.69 Å². The molecular weight excluding hydrogens is 355 g/mol. The summed E-state index contributed by atoms with van der Waals surface area (Å²) in [5.74, 6) is -0.554. The van der Waals surface area contributed by atoms with Crippen LogP contribution in [0.2, 0.25) is 0 Å². The van der Waals surface area contributed by atoms with Crippen molar-refractivity contribution in [3.05, 3.63) is 78.1 Å². The summed E-state index contributed by atoms with van der Waals surface area (Å²) >= 11 is 0. The molecular formula is C22H21FN4O. The fourth-order valence-electron chi connectivity index (χ4n) is 3.51. The third-order valence-corrected chi connectivity index (χ3v) is 4.90. The maximum Gasteiger partial charge on any atom is 0.213 e. The number of hydrogen-bond acceptors (Lipinski definition) is 4. The van der Waals surface area contributed by atoms with Crippen molar-refractivity contribution in [1.29, 1.82) is 0 Å². The van der Waals surface area contributed by atoms with Crippen molar-refractivity contribution < 1.29 is 9.18 Å². The number of halogens is 1. The molecule has 1 aliphatic heterocycles. The number of nitrogens with zero attached hydrogens (tertiary/aromatic N) is 4. The number of allylic oxidation sites excluding steroid dienone is 1. The number of aromatic nitrogens is 3. The van der Waals surface area contributed by atoms with Crippen molar-refractivity contribution in [1.82, 2.24) is 14.8 Å². The second-order valence-corrected chi connectivity index (χ2v) is 6.82. The molecule has 1 saturated heterocycles. The average molecular weight is 376 g/mol. The highest BCUT2D eigenvalue weighted by molar-refractivity contribution is 6.29. The van der Waals surface area contributed by atoms with Crippen LogP contribution >= 0.6 is 0 Å². The van der Waals surface area contributed by atoms with E-state index in [0.717, 1.165) is 37.9 Å². The summed E-state index contributed by atoms with van der Waals surface area (Å²) in [6.07, 6.45) is 7.91. The van der Waals surface area contributed by atoms with Crippen LogP contribution in [0.4, 0.5) is 10.1 Å². The van der Waals surface area contributed by atoms with E-state index >= 15 is 0 Å². The molecule has 0 bridgehead atoms. The molecule has 0 saturated carbocycles. The zero-order valence-corrected chi connectivity index (χ0v) is 15.5. The molecule has 0 atom stereocenters. The molecule has 1 aromatic heterocycles. The summed E-state index contributed by atoms with van der Waals surface area (Å²) in [6, 6.07) is 13.9. The Morgan fingerprint density at radius 1 is 1.04 bits per heavy atom. The van der Waals surface area contributed by atoms with Crippen LogP contribution in [-0.4, -0.2) is 33.6 Å². The van der Waals surface area contributed by atoms with Gasteiger partial charge in [0.25, 0.3) is 0 Å². The Labute approximate surface area is 163 Å². The number of carbonyl (C=O) groups excluding carboxylic acids is 1. The largest absolute Gasteiger partial charge is 0.371 e. The molecule has 1 aliphatic rings. The third kappa shape index (κ3) is 3.86. The first-order valence-electron chi connectivity index (χ1n) is 9.43. The summed E-state index contributed by atoms with van der Waals surface area (Å²) in [5, 5.41) is 4.15. The number of piperidine rings is 1. The van der Waals surface area contributed by atoms with Crippen LogP contribution < -0.4 is 4.90 Å². The number of rotatable bonds is 5. The summed E-state index contributed by atoms with van der Waals surface area (Å²) < 4.78 is 15.5. The van der Waals surface area contributed by atoms with Gasteiger partial charge in [0.2, 0.25) is 5.78 Å². The number of carbonyl (C=O) groups is 1. The number of benzene rings is 2. The van der Waals surface area contributed by atoms with Gasteiger partial charge in [-0.2, -0.15) is 5.10 Å². The predicted octanol–water partition coefficient (Wildman–Crippen LogP) is 4.29. The Kier molecular flexibility index (Phi) is 5.28. The highest BCUT2D eigenvalue weighted by Gasteiger charge is 2.23. The van der Waals surface area contributed by atoms with Gasteiger partial charge in [-0.15, -0.1) is 0 Å². The van der Waals surface area contributed by atoms with E-state index in [0.29, 0.717) is 16.9 Å². The second kappa shape index (κ2) is 8.17. The van der Waals surface area contributed by atoms with Gasteiger partial charge in [0.1, 0.15) is 24.2 Å². The Balaban J connectivity index is 1.78. The van der Waals surface area contributed by atoms with Crippen molar-refractivity contribution in [3.63, 3.8) is 0 Å². The first-order valence-corrected chi connectivity index (χ1v) is 9.43. The maximum atomic E-state index is 14.0. The molecule has 4 rings (SSSR count). The molecule has 6 heteroatoms. The minimum absolute atomic E-state index is 0.213. The van der Waals surface area contributed by atoms with Gasteiger partial charge < -0.3 is 4.90 Å². The number of anilines is 1. The van der Waals surface area contributed by atoms with Crippen molar-refractivity contribution >= 4 is 23.2 Å². The van der Waals surface area contributed by atoms with Crippen LogP contribution in [0.15, 0.2) is 61.2 Å². The Morgan fingerprint density at radius 2 is 1.82 bits per heavy atom. The van der Waals surface area contributed by atoms with Gasteiger partial charge in [-0.05, 0) is 49.1 Å². The lowest BCUT2D eigenvalue weighted by Gasteiger charge is -2.30. The molecule has 0 spiro atoms. The predicted molar refractivity (Wildman–Crippen MR) is 107 cm³/mol. The minimum Gasteiger partial charge on any atom is -0.371 e. The van der Waals surface area contributed by atoms with Gasteiger partial charge in [-0.25, -0.2) is 14.1 Å². The van der Waals surface area contributed by atoms with Crippen molar-refractivity contribution in [2.75, 3.05) is 18.0 Å². The van der Waals surface area contributed by atoms with E-state index in [4.69, 9.17) is 0 Å². The maximum absolute atomic E-state index is 14.0. The van der Waals surface area contributed by atoms with Crippen molar-refractivity contribution in [2.24, 2.45) is 0 Å². The van der Waals surface area contributed by atoms with E-state index in [9.17, 15) is 9.18 Å². The number of hydrogen-bond donors (Lipinski definition) is 0. The molecule has 5 nitrogen and oxygen atoms in total. The van der Waals surface area contributed by atoms with Gasteiger partial charge in [-0.1, -0.05) is 30.3 Å². The van der Waals surface area contributed by atoms with Crippen molar-refractivity contribution in [3.8, 4) is 0 Å². The second-order valence-electron chi connectivity index (χ2n) is 6.82. The van der Waals surface area contributed by atoms with E-state index in [1.54, 1.807) is 12.1 Å². The summed E-state index contributed by atoms with van der Waals surface area (Å²) in [5.41, 5.74) is 2.36. The highest BCUT2D eigenvalue weighted by Crippen LogP contribution is 2.28. The van der Waals surface area contributed by atoms with E-state index in [1.807, 2.05) is 30.3 Å². The summed E-state index contributed by atoms with van der Waals surface area (Å²) in [7, 11) is 0. The van der Waals surface area contributed by atoms with Gasteiger partial charge in [0, 0.05) is 18.7 Å². The zero-order chi connectivity index (χ0) is 19.3. The Bertz CT molecular complexity index is 977. The van der Waals surface area contributed by atoms with Crippen LogP contribution in [0, 0.1) is 5.82 Å². The van der Waals surface area contributed by atoms with E-state index in [-0.39, 0.29) is 11.6 Å². The molecule has 0 radical (unpaired) electrons. The van der Waals surface area contributed by atoms with Gasteiger partial charge in [0.15, 0.2) is 0 Å². The lowest BCUT2D eigenvalue weighted by molar-refractivity contribution is 0.105. The molecule has 0 unspecified atom stereocenters. The smallest absolute Gasteiger partial charge is 0.213 e. The minimum atomic E-state index is -0.341. The van der Waals surface area contributed by atoms with Crippen LogP contribution in [0.5, 0.6) is 0 Å². The lowest BCUT2D eigenvalue weighted by atomic mass is 10.0. The fourth-order valence-corrected chi connectivity index (χ4v) is 3.51. The molecule has 142 valence electrons. The molecule has 0 aliphatic carbocycles. The molecule has 0 N–H and O–H groups in total. The summed E-state index contributed by atoms with van der Waals surface area (Å²) in [4.78, 5) is 19.6. The Morgan fingerprint density at radius 3 is 2.54 bits per heavy atom. The van der Waals surface area contributed by atoms with E-state index in [1.165, 1.54) is 29.5 Å². The van der Waals surface area contributed by atoms with E-state index in [2.05, 4.69) is 15.0 Å². The van der Waals surface area contributed by atoms with Gasteiger partial charge >= 0.3 is 0 Å². The highest BCUT2D eigenvalue weighted by atomic mass is 19.1. The number of Topliss-reactive ketones (excluding diaryl/α,β-unsaturated/α-hetero) is 1. The van der Waals surface area contributed by atoms with Crippen LogP contribution in [-0.2, 0) is 0 Å². The van der Waals surface area contributed by atoms with Crippen molar-refractivity contribution in [2.45, 2.75) is 19.3 Å². The third-order valence-electron chi connectivity index (χ3n) is 4.90. The summed E-state index contributed by atoms with van der Waals surface area (Å²) in [6.45, 7) is 1.65. The van der Waals surface area contributed by atoms with Gasteiger partial charge in [-0.3, -0.25) is 4.79 Å². The Hall–Kier alpha value is -3.28. The number of ketones is 1. The zero-order valence-electron chi connectivity index (χ0n) is 15.5. The molecule has 0 amide bonds. The fraction of sp³-hybridized carbons (Fsp3) is 0.227. The topological polar surface area (TPSA) is 51.0 Å². The normalized spacial score (nSPS) is 14.9. The molecule has 3 aromatic rings. The van der Waals surface area contributed by atoms with E-state index < -0.39 is 0 Å². The molecule has 1 fully saturated rings. The quantitative estimate of drug-likeness (QED) is 0.492. The molecule has 2 aromatic carbocycles. The standard InChI is InChI=1S/C22H21FN4O/c23-18-9-10-19(20(14-18)26-11-5-2-6-12-26)22(28)21(27-16-24-15-25-27)13-17-7-3-1-4-8-17/h1,3-4,7-10,13-16H,2,5-6,11-12H2/b21-13-. The van der Waals surface area contributed by atoms with Crippen LogP contribution in [0.1, 0.15) is 35.2 Å². The van der Waals surface area contributed by atoms with Crippen LogP contribution in [0.25, 0.3) is 11.8 Å². The monoisotopic (exact) mass is 376 g/mol. The molecule has 28 heavy (non-hydrogen) atoms. The first kappa shape index (κ1) is 18.1. The average Bonchev–Trinajstić information content (AvgIpc) is 3.27. The lowest BCUT2D eigenvalue weighted by Crippen LogP contribution is -2.31. The molecule has 2 heterocycles. The first-order chi connectivity index (χ1) is 13.7. The van der Waals surface area contributed by atoms with Crippen LogP contribution in [0.3, 0.4) is 0 Å².